The molecule has 0 aliphatic rings. The summed E-state index contributed by atoms with van der Waals surface area (Å²) in [5.41, 5.74) is 1.67. The lowest BCUT2D eigenvalue weighted by Crippen LogP contribution is -2.20. The molecule has 3 aromatic carbocycles. The summed E-state index contributed by atoms with van der Waals surface area (Å²) in [6.07, 6.45) is 0. The first-order valence-corrected chi connectivity index (χ1v) is 10.4. The van der Waals surface area contributed by atoms with Crippen molar-refractivity contribution in [2.45, 2.75) is 4.90 Å². The highest BCUT2D eigenvalue weighted by atomic mass is 32.2. The molecule has 0 aliphatic carbocycles. The molecule has 9 heteroatoms. The average Bonchev–Trinajstić information content (AvgIpc) is 2.82. The Hall–Kier alpha value is -4.03. The van der Waals surface area contributed by atoms with Crippen molar-refractivity contribution in [2.24, 2.45) is 0 Å². The number of nitrogens with one attached hydrogen (secondary N) is 1. The van der Waals surface area contributed by atoms with Crippen LogP contribution in [-0.2, 0) is 4.79 Å². The molecule has 0 saturated heterocycles. The SMILES string of the molecule is COc1ccc(-c2cc([N+](=O)[O-])ccc2OCC(=O)Nc2ccccc2SCC#N)cc1. The van der Waals surface area contributed by atoms with Gasteiger partial charge in [-0.15, -0.1) is 11.8 Å². The maximum absolute atomic E-state index is 12.5. The average molecular weight is 449 g/mol. The quantitative estimate of drug-likeness (QED) is 0.281. The molecule has 1 amide bonds. The number of amides is 1. The summed E-state index contributed by atoms with van der Waals surface area (Å²) in [4.78, 5) is 24.0. The molecular weight excluding hydrogens is 430 g/mol. The number of para-hydroxylation sites is 1. The van der Waals surface area contributed by atoms with Gasteiger partial charge in [0.05, 0.1) is 29.5 Å². The third kappa shape index (κ3) is 5.77. The van der Waals surface area contributed by atoms with Crippen molar-refractivity contribution >= 4 is 29.0 Å². The molecule has 162 valence electrons. The number of methoxy groups -OCH3 is 1. The molecule has 0 fully saturated rings. The lowest BCUT2D eigenvalue weighted by Gasteiger charge is -2.13. The second-order valence-electron chi connectivity index (χ2n) is 6.45. The smallest absolute Gasteiger partial charge is 0.270 e. The van der Waals surface area contributed by atoms with E-state index in [1.165, 1.54) is 30.0 Å². The Morgan fingerprint density at radius 1 is 1.16 bits per heavy atom. The molecule has 3 rings (SSSR count). The van der Waals surface area contributed by atoms with E-state index in [4.69, 9.17) is 14.7 Å². The number of hydrogen-bond donors (Lipinski definition) is 1. The minimum atomic E-state index is -0.487. The van der Waals surface area contributed by atoms with Crippen molar-refractivity contribution in [3.63, 3.8) is 0 Å². The van der Waals surface area contributed by atoms with E-state index in [1.54, 1.807) is 43.5 Å². The van der Waals surface area contributed by atoms with Gasteiger partial charge < -0.3 is 14.8 Å². The Labute approximate surface area is 188 Å². The number of rotatable bonds is 9. The van der Waals surface area contributed by atoms with Crippen molar-refractivity contribution < 1.29 is 19.2 Å². The van der Waals surface area contributed by atoms with Crippen molar-refractivity contribution in [1.29, 1.82) is 5.26 Å². The molecule has 0 spiro atoms. The molecule has 0 bridgehead atoms. The van der Waals surface area contributed by atoms with Crippen LogP contribution in [0.2, 0.25) is 0 Å². The minimum absolute atomic E-state index is 0.0870. The van der Waals surface area contributed by atoms with Gasteiger partial charge in [-0.25, -0.2) is 0 Å². The van der Waals surface area contributed by atoms with Crippen LogP contribution in [-0.4, -0.2) is 30.3 Å². The van der Waals surface area contributed by atoms with Crippen molar-refractivity contribution in [1.82, 2.24) is 0 Å². The van der Waals surface area contributed by atoms with E-state index in [-0.39, 0.29) is 18.0 Å². The fraction of sp³-hybridized carbons (Fsp3) is 0.130. The number of nitriles is 1. The largest absolute Gasteiger partial charge is 0.497 e. The maximum Gasteiger partial charge on any atom is 0.270 e. The molecular formula is C23H19N3O5S. The van der Waals surface area contributed by atoms with Crippen LogP contribution in [0.15, 0.2) is 71.6 Å². The number of nitrogens with zero attached hydrogens (tertiary/aromatic N) is 2. The number of ether oxygens (including phenoxy) is 2. The standard InChI is InChI=1S/C23H19N3O5S/c1-30-18-9-6-16(7-10-18)19-14-17(26(28)29)8-11-21(19)31-15-23(27)25-20-4-2-3-5-22(20)32-13-12-24/h2-11,14H,13,15H2,1H3,(H,25,27). The van der Waals surface area contributed by atoms with Crippen LogP contribution in [0, 0.1) is 21.4 Å². The first kappa shape index (κ1) is 22.7. The molecule has 8 nitrogen and oxygen atoms in total. The first-order chi connectivity index (χ1) is 15.5. The Bertz CT molecular complexity index is 1160. The van der Waals surface area contributed by atoms with Gasteiger partial charge in [0, 0.05) is 22.6 Å². The van der Waals surface area contributed by atoms with Gasteiger partial charge in [0.1, 0.15) is 11.5 Å². The highest BCUT2D eigenvalue weighted by Gasteiger charge is 2.15. The summed E-state index contributed by atoms with van der Waals surface area (Å²) in [7, 11) is 1.55. The zero-order valence-electron chi connectivity index (χ0n) is 17.1. The van der Waals surface area contributed by atoms with E-state index >= 15 is 0 Å². The molecule has 32 heavy (non-hydrogen) atoms. The van der Waals surface area contributed by atoms with E-state index in [9.17, 15) is 14.9 Å². The molecule has 0 heterocycles. The molecule has 0 unspecified atom stereocenters. The Kier molecular flexibility index (Phi) is 7.67. The van der Waals surface area contributed by atoms with Crippen LogP contribution in [0.1, 0.15) is 0 Å². The Balaban J connectivity index is 1.78. The number of nitro groups is 1. The van der Waals surface area contributed by atoms with Gasteiger partial charge in [-0.3, -0.25) is 14.9 Å². The van der Waals surface area contributed by atoms with E-state index in [0.29, 0.717) is 28.3 Å². The minimum Gasteiger partial charge on any atom is -0.497 e. The summed E-state index contributed by atoms with van der Waals surface area (Å²) in [5.74, 6) is 0.850. The van der Waals surface area contributed by atoms with E-state index in [1.807, 2.05) is 12.1 Å². The number of hydrogen-bond acceptors (Lipinski definition) is 7. The number of benzene rings is 3. The lowest BCUT2D eigenvalue weighted by atomic mass is 10.0. The Morgan fingerprint density at radius 3 is 2.59 bits per heavy atom. The summed E-state index contributed by atoms with van der Waals surface area (Å²) in [6, 6.07) is 20.4. The molecule has 1 N–H and O–H groups in total. The zero-order valence-corrected chi connectivity index (χ0v) is 17.9. The number of thioether (sulfide) groups is 1. The van der Waals surface area contributed by atoms with Crippen LogP contribution in [0.25, 0.3) is 11.1 Å². The Morgan fingerprint density at radius 2 is 1.91 bits per heavy atom. The number of carbonyl (C=O) groups is 1. The normalized spacial score (nSPS) is 10.1. The molecule has 0 radical (unpaired) electrons. The van der Waals surface area contributed by atoms with Gasteiger partial charge in [0.25, 0.3) is 11.6 Å². The fourth-order valence-electron chi connectivity index (χ4n) is 2.89. The van der Waals surface area contributed by atoms with Crippen LogP contribution in [0.5, 0.6) is 11.5 Å². The van der Waals surface area contributed by atoms with Crippen LogP contribution in [0.3, 0.4) is 0 Å². The molecule has 0 atom stereocenters. The van der Waals surface area contributed by atoms with Gasteiger partial charge in [0.15, 0.2) is 6.61 Å². The van der Waals surface area contributed by atoms with Crippen molar-refractivity contribution in [2.75, 3.05) is 24.8 Å². The summed E-state index contributed by atoms with van der Waals surface area (Å²) in [6.45, 7) is -0.293. The summed E-state index contributed by atoms with van der Waals surface area (Å²) < 4.78 is 10.9. The summed E-state index contributed by atoms with van der Waals surface area (Å²) >= 11 is 1.32. The lowest BCUT2D eigenvalue weighted by molar-refractivity contribution is -0.384. The molecule has 0 aliphatic heterocycles. The maximum atomic E-state index is 12.5. The van der Waals surface area contributed by atoms with Crippen molar-refractivity contribution in [3.8, 4) is 28.7 Å². The second-order valence-corrected chi connectivity index (χ2v) is 7.46. The van der Waals surface area contributed by atoms with Crippen LogP contribution in [0.4, 0.5) is 11.4 Å². The van der Waals surface area contributed by atoms with E-state index in [2.05, 4.69) is 11.4 Å². The van der Waals surface area contributed by atoms with Crippen LogP contribution >= 0.6 is 11.8 Å². The van der Waals surface area contributed by atoms with Gasteiger partial charge in [-0.05, 0) is 35.9 Å². The number of nitro benzene ring substituents is 1. The highest BCUT2D eigenvalue weighted by molar-refractivity contribution is 7.99. The zero-order chi connectivity index (χ0) is 22.9. The van der Waals surface area contributed by atoms with Crippen molar-refractivity contribution in [3.05, 3.63) is 76.8 Å². The van der Waals surface area contributed by atoms with Gasteiger partial charge in [-0.1, -0.05) is 24.3 Å². The van der Waals surface area contributed by atoms with Gasteiger partial charge >= 0.3 is 0 Å². The predicted octanol–water partition coefficient (Wildman–Crippen LogP) is 4.90. The third-order valence-corrected chi connectivity index (χ3v) is 5.33. The van der Waals surface area contributed by atoms with Crippen LogP contribution < -0.4 is 14.8 Å². The topological polar surface area (TPSA) is 114 Å². The number of carbonyl (C=O) groups excluding carboxylic acids is 1. The first-order valence-electron chi connectivity index (χ1n) is 9.46. The predicted molar refractivity (Wildman–Crippen MR) is 122 cm³/mol. The highest BCUT2D eigenvalue weighted by Crippen LogP contribution is 2.34. The van der Waals surface area contributed by atoms with E-state index in [0.717, 1.165) is 4.90 Å². The number of non-ortho nitro benzene ring substituents is 1. The molecule has 3 aromatic rings. The summed E-state index contributed by atoms with van der Waals surface area (Å²) in [5, 5.41) is 22.8. The second kappa shape index (κ2) is 10.8. The monoisotopic (exact) mass is 449 g/mol. The van der Waals surface area contributed by atoms with E-state index < -0.39 is 10.8 Å². The number of anilines is 1. The fourth-order valence-corrected chi connectivity index (χ4v) is 3.56. The molecule has 0 aromatic heterocycles. The van der Waals surface area contributed by atoms with Gasteiger partial charge in [-0.2, -0.15) is 5.26 Å². The molecule has 0 saturated carbocycles. The van der Waals surface area contributed by atoms with Gasteiger partial charge in [0.2, 0.25) is 0 Å². The third-order valence-electron chi connectivity index (χ3n) is 4.39.